The van der Waals surface area contributed by atoms with Gasteiger partial charge in [0, 0.05) is 0 Å². The first-order valence-corrected chi connectivity index (χ1v) is 3.87. The van der Waals surface area contributed by atoms with Crippen LogP contribution in [0.5, 0.6) is 0 Å². The highest BCUT2D eigenvalue weighted by Crippen LogP contribution is 2.03. The van der Waals surface area contributed by atoms with E-state index in [1.807, 2.05) is 0 Å². The summed E-state index contributed by atoms with van der Waals surface area (Å²) in [6.45, 7) is 3.52. The van der Waals surface area contributed by atoms with Gasteiger partial charge in [-0.1, -0.05) is 26.2 Å². The van der Waals surface area contributed by atoms with Gasteiger partial charge in [0.15, 0.2) is 5.78 Å². The predicted molar refractivity (Wildman–Crippen MR) is 40.8 cm³/mol. The number of ketones is 1. The molecule has 1 atom stereocenters. The van der Waals surface area contributed by atoms with Crippen molar-refractivity contribution in [2.75, 3.05) is 0 Å². The smallest absolute Gasteiger partial charge is 0.158 e. The van der Waals surface area contributed by atoms with Gasteiger partial charge in [-0.25, -0.2) is 0 Å². The Morgan fingerprint density at radius 3 is 2.50 bits per heavy atom. The Hall–Kier alpha value is -0.370. The van der Waals surface area contributed by atoms with Gasteiger partial charge < -0.3 is 5.11 Å². The van der Waals surface area contributed by atoms with E-state index < -0.39 is 6.10 Å². The second kappa shape index (κ2) is 5.42. The van der Waals surface area contributed by atoms with Crippen molar-refractivity contribution < 1.29 is 9.90 Å². The van der Waals surface area contributed by atoms with Crippen LogP contribution in [0.1, 0.15) is 39.5 Å². The molecule has 0 rings (SSSR count). The second-order valence-electron chi connectivity index (χ2n) is 2.62. The fourth-order valence-electron chi connectivity index (χ4n) is 0.791. The molecule has 0 unspecified atom stereocenters. The van der Waals surface area contributed by atoms with Gasteiger partial charge in [-0.15, -0.1) is 0 Å². The molecule has 0 spiro atoms. The number of aliphatic hydroxyl groups is 1. The number of Topliss-reactive ketones (excluding diaryl/α,β-unsaturated/α-hetero) is 1. The number of carbonyl (C=O) groups excluding carboxylic acids is 1. The zero-order valence-electron chi connectivity index (χ0n) is 6.76. The number of rotatable bonds is 5. The van der Waals surface area contributed by atoms with Gasteiger partial charge in [0.25, 0.3) is 0 Å². The van der Waals surface area contributed by atoms with Crippen LogP contribution in [0.15, 0.2) is 0 Å². The third kappa shape index (κ3) is 4.50. The van der Waals surface area contributed by atoms with E-state index in [1.165, 1.54) is 6.92 Å². The Labute approximate surface area is 62.2 Å². The summed E-state index contributed by atoms with van der Waals surface area (Å²) in [4.78, 5) is 10.5. The Balaban J connectivity index is 3.21. The number of hydrogen-bond donors (Lipinski definition) is 1. The van der Waals surface area contributed by atoms with Crippen LogP contribution in [-0.4, -0.2) is 17.0 Å². The lowest BCUT2D eigenvalue weighted by atomic mass is 10.1. The monoisotopic (exact) mass is 144 g/mol. The van der Waals surface area contributed by atoms with E-state index in [-0.39, 0.29) is 5.78 Å². The number of carbonyl (C=O) groups is 1. The average molecular weight is 144 g/mol. The van der Waals surface area contributed by atoms with E-state index in [9.17, 15) is 4.79 Å². The van der Waals surface area contributed by atoms with Crippen LogP contribution < -0.4 is 0 Å². The summed E-state index contributed by atoms with van der Waals surface area (Å²) in [6, 6.07) is 0. The van der Waals surface area contributed by atoms with Gasteiger partial charge in [0.2, 0.25) is 0 Å². The van der Waals surface area contributed by atoms with E-state index in [4.69, 9.17) is 5.11 Å². The largest absolute Gasteiger partial charge is 0.385 e. The molecule has 0 bridgehead atoms. The van der Waals surface area contributed by atoms with Crippen molar-refractivity contribution in [1.82, 2.24) is 0 Å². The number of hydrogen-bond acceptors (Lipinski definition) is 2. The van der Waals surface area contributed by atoms with E-state index in [0.717, 1.165) is 19.3 Å². The average Bonchev–Trinajstić information content (AvgIpc) is 1.88. The maximum atomic E-state index is 10.5. The minimum absolute atomic E-state index is 0.115. The van der Waals surface area contributed by atoms with Crippen LogP contribution in [0.25, 0.3) is 0 Å². The lowest BCUT2D eigenvalue weighted by Gasteiger charge is -2.04. The van der Waals surface area contributed by atoms with Crippen LogP contribution >= 0.6 is 0 Å². The Bertz CT molecular complexity index is 99.4. The molecule has 0 radical (unpaired) electrons. The molecule has 2 heteroatoms. The van der Waals surface area contributed by atoms with Crippen LogP contribution in [0.4, 0.5) is 0 Å². The molecule has 2 nitrogen and oxygen atoms in total. The molecule has 0 heterocycles. The Morgan fingerprint density at radius 1 is 1.50 bits per heavy atom. The van der Waals surface area contributed by atoms with Crippen molar-refractivity contribution in [3.05, 3.63) is 0 Å². The minimum Gasteiger partial charge on any atom is -0.385 e. The zero-order chi connectivity index (χ0) is 7.98. The molecule has 1 N–H and O–H groups in total. The number of aliphatic hydroxyl groups excluding tert-OH is 1. The second-order valence-corrected chi connectivity index (χ2v) is 2.62. The quantitative estimate of drug-likeness (QED) is 0.594. The van der Waals surface area contributed by atoms with E-state index >= 15 is 0 Å². The van der Waals surface area contributed by atoms with E-state index in [0.29, 0.717) is 6.42 Å². The summed E-state index contributed by atoms with van der Waals surface area (Å²) in [6.07, 6.45) is 3.10. The molecular formula is C8H16O2. The molecule has 0 aromatic carbocycles. The molecule has 0 aliphatic carbocycles. The topological polar surface area (TPSA) is 37.3 Å². The van der Waals surface area contributed by atoms with Crippen molar-refractivity contribution in [3.63, 3.8) is 0 Å². The molecule has 0 aromatic rings. The van der Waals surface area contributed by atoms with Crippen molar-refractivity contribution in [2.24, 2.45) is 0 Å². The highest BCUT2D eigenvalue weighted by molar-refractivity contribution is 5.79. The van der Waals surface area contributed by atoms with E-state index in [1.54, 1.807) is 0 Å². The summed E-state index contributed by atoms with van der Waals surface area (Å²) in [7, 11) is 0. The SMILES string of the molecule is CCCCC[C@H](O)C(C)=O. The standard InChI is InChI=1S/C8H16O2/c1-3-4-5-6-8(10)7(2)9/h8,10H,3-6H2,1-2H3/t8-/m0/s1. The fourth-order valence-corrected chi connectivity index (χ4v) is 0.791. The molecular weight excluding hydrogens is 128 g/mol. The molecule has 0 saturated heterocycles. The summed E-state index contributed by atoms with van der Waals surface area (Å²) < 4.78 is 0. The highest BCUT2D eigenvalue weighted by atomic mass is 16.3. The first kappa shape index (κ1) is 9.63. The minimum atomic E-state index is -0.716. The van der Waals surface area contributed by atoms with Gasteiger partial charge in [0.1, 0.15) is 6.10 Å². The maximum Gasteiger partial charge on any atom is 0.158 e. The molecule has 60 valence electrons. The molecule has 0 aliphatic rings. The van der Waals surface area contributed by atoms with Crippen molar-refractivity contribution in [3.8, 4) is 0 Å². The van der Waals surface area contributed by atoms with Crippen molar-refractivity contribution >= 4 is 5.78 Å². The first-order chi connectivity index (χ1) is 4.68. The molecule has 0 aromatic heterocycles. The third-order valence-corrected chi connectivity index (χ3v) is 1.55. The van der Waals surface area contributed by atoms with Gasteiger partial charge in [-0.2, -0.15) is 0 Å². The molecule has 0 saturated carbocycles. The molecule has 0 aliphatic heterocycles. The summed E-state index contributed by atoms with van der Waals surface area (Å²) in [5.41, 5.74) is 0. The zero-order valence-corrected chi connectivity index (χ0v) is 6.76. The fraction of sp³-hybridized carbons (Fsp3) is 0.875. The highest BCUT2D eigenvalue weighted by Gasteiger charge is 2.07. The summed E-state index contributed by atoms with van der Waals surface area (Å²) in [5, 5.41) is 9.00. The van der Waals surface area contributed by atoms with Crippen LogP contribution in [0.2, 0.25) is 0 Å². The third-order valence-electron chi connectivity index (χ3n) is 1.55. The van der Waals surface area contributed by atoms with Crippen molar-refractivity contribution in [1.29, 1.82) is 0 Å². The van der Waals surface area contributed by atoms with Gasteiger partial charge in [-0.3, -0.25) is 4.79 Å². The first-order valence-electron chi connectivity index (χ1n) is 3.87. The summed E-state index contributed by atoms with van der Waals surface area (Å²) in [5.74, 6) is -0.115. The van der Waals surface area contributed by atoms with Gasteiger partial charge in [-0.05, 0) is 13.3 Å². The van der Waals surface area contributed by atoms with Crippen LogP contribution in [-0.2, 0) is 4.79 Å². The van der Waals surface area contributed by atoms with Crippen molar-refractivity contribution in [2.45, 2.75) is 45.6 Å². The Kier molecular flexibility index (Phi) is 5.22. The maximum absolute atomic E-state index is 10.5. The molecule has 0 fully saturated rings. The molecule has 0 amide bonds. The van der Waals surface area contributed by atoms with Crippen LogP contribution in [0, 0.1) is 0 Å². The van der Waals surface area contributed by atoms with Gasteiger partial charge in [0.05, 0.1) is 0 Å². The summed E-state index contributed by atoms with van der Waals surface area (Å²) >= 11 is 0. The Morgan fingerprint density at radius 2 is 2.10 bits per heavy atom. The lowest BCUT2D eigenvalue weighted by molar-refractivity contribution is -0.125. The lowest BCUT2D eigenvalue weighted by Crippen LogP contribution is -2.16. The number of unbranched alkanes of at least 4 members (excludes halogenated alkanes) is 2. The van der Waals surface area contributed by atoms with Crippen LogP contribution in [0.3, 0.4) is 0 Å². The molecule has 10 heavy (non-hydrogen) atoms. The van der Waals surface area contributed by atoms with E-state index in [2.05, 4.69) is 6.92 Å². The normalized spacial score (nSPS) is 13.1. The van der Waals surface area contributed by atoms with Gasteiger partial charge >= 0.3 is 0 Å². The predicted octanol–water partition coefficient (Wildman–Crippen LogP) is 1.52.